The normalized spacial score (nSPS) is 15.7. The standard InChI is InChI=1S/C20H20N2O/c1-3-7-15(8-4-1)16-11-13-18(14-12-16)20-21-19(22-23-20)17-9-5-2-6-10-17/h2,5-6,9-15H,1,3-4,7-8H2. The third kappa shape index (κ3) is 3.04. The van der Waals surface area contributed by atoms with Gasteiger partial charge in [0.1, 0.15) is 0 Å². The second kappa shape index (κ2) is 6.37. The van der Waals surface area contributed by atoms with Crippen LogP contribution in [-0.2, 0) is 0 Å². The predicted octanol–water partition coefficient (Wildman–Crippen LogP) is 5.45. The summed E-state index contributed by atoms with van der Waals surface area (Å²) in [5.74, 6) is 1.94. The van der Waals surface area contributed by atoms with Gasteiger partial charge in [0.2, 0.25) is 5.82 Å². The molecule has 4 rings (SSSR count). The average molecular weight is 304 g/mol. The van der Waals surface area contributed by atoms with Crippen LogP contribution in [0.2, 0.25) is 0 Å². The molecular weight excluding hydrogens is 284 g/mol. The van der Waals surface area contributed by atoms with Gasteiger partial charge in [0.05, 0.1) is 0 Å². The van der Waals surface area contributed by atoms with Crippen LogP contribution in [0.25, 0.3) is 22.8 Å². The second-order valence-corrected chi connectivity index (χ2v) is 6.25. The topological polar surface area (TPSA) is 38.9 Å². The van der Waals surface area contributed by atoms with Crippen LogP contribution in [0.3, 0.4) is 0 Å². The van der Waals surface area contributed by atoms with Gasteiger partial charge in [-0.05, 0) is 36.5 Å². The van der Waals surface area contributed by atoms with E-state index in [1.54, 1.807) is 0 Å². The summed E-state index contributed by atoms with van der Waals surface area (Å²) in [6.07, 6.45) is 6.74. The molecule has 3 heteroatoms. The van der Waals surface area contributed by atoms with Crippen molar-refractivity contribution >= 4 is 0 Å². The Kier molecular flexibility index (Phi) is 3.93. The number of aromatic nitrogens is 2. The van der Waals surface area contributed by atoms with Crippen LogP contribution in [0.5, 0.6) is 0 Å². The minimum absolute atomic E-state index is 0.582. The van der Waals surface area contributed by atoms with Gasteiger partial charge in [0, 0.05) is 11.1 Å². The fourth-order valence-corrected chi connectivity index (χ4v) is 3.38. The van der Waals surface area contributed by atoms with E-state index < -0.39 is 0 Å². The molecule has 0 amide bonds. The van der Waals surface area contributed by atoms with Crippen molar-refractivity contribution in [2.24, 2.45) is 0 Å². The van der Waals surface area contributed by atoms with E-state index in [1.165, 1.54) is 37.7 Å². The first kappa shape index (κ1) is 14.2. The lowest BCUT2D eigenvalue weighted by Crippen LogP contribution is -2.04. The molecule has 0 N–H and O–H groups in total. The Hall–Kier alpha value is -2.42. The monoisotopic (exact) mass is 304 g/mol. The van der Waals surface area contributed by atoms with Gasteiger partial charge in [0.25, 0.3) is 5.89 Å². The van der Waals surface area contributed by atoms with Gasteiger partial charge in [0.15, 0.2) is 0 Å². The zero-order valence-electron chi connectivity index (χ0n) is 13.1. The summed E-state index contributed by atoms with van der Waals surface area (Å²) < 4.78 is 5.43. The van der Waals surface area contributed by atoms with Crippen molar-refractivity contribution in [2.75, 3.05) is 0 Å². The minimum Gasteiger partial charge on any atom is -0.334 e. The van der Waals surface area contributed by atoms with Crippen molar-refractivity contribution in [3.8, 4) is 22.8 Å². The lowest BCUT2D eigenvalue weighted by Gasteiger charge is -2.21. The summed E-state index contributed by atoms with van der Waals surface area (Å²) in [6, 6.07) is 18.6. The summed E-state index contributed by atoms with van der Waals surface area (Å²) in [7, 11) is 0. The molecule has 1 saturated carbocycles. The summed E-state index contributed by atoms with van der Waals surface area (Å²) in [4.78, 5) is 4.52. The van der Waals surface area contributed by atoms with Crippen LogP contribution >= 0.6 is 0 Å². The van der Waals surface area contributed by atoms with Crippen LogP contribution < -0.4 is 0 Å². The van der Waals surface area contributed by atoms with Crippen LogP contribution in [0.1, 0.15) is 43.6 Å². The lowest BCUT2D eigenvalue weighted by atomic mass is 9.84. The third-order valence-electron chi connectivity index (χ3n) is 4.69. The van der Waals surface area contributed by atoms with E-state index in [4.69, 9.17) is 4.52 Å². The smallest absolute Gasteiger partial charge is 0.258 e. The molecule has 1 aromatic heterocycles. The molecule has 0 spiro atoms. The number of rotatable bonds is 3. The highest BCUT2D eigenvalue weighted by Gasteiger charge is 2.16. The molecule has 0 atom stereocenters. The summed E-state index contributed by atoms with van der Waals surface area (Å²) >= 11 is 0. The molecule has 3 aromatic rings. The van der Waals surface area contributed by atoms with Crippen molar-refractivity contribution in [3.05, 3.63) is 60.2 Å². The van der Waals surface area contributed by atoms with E-state index in [0.717, 1.165) is 17.0 Å². The maximum Gasteiger partial charge on any atom is 0.258 e. The van der Waals surface area contributed by atoms with Crippen LogP contribution in [-0.4, -0.2) is 10.1 Å². The molecule has 3 nitrogen and oxygen atoms in total. The molecule has 0 aliphatic heterocycles. The second-order valence-electron chi connectivity index (χ2n) is 6.25. The van der Waals surface area contributed by atoms with Crippen molar-refractivity contribution in [1.82, 2.24) is 10.1 Å². The Balaban J connectivity index is 1.55. The fraction of sp³-hybridized carbons (Fsp3) is 0.300. The zero-order chi connectivity index (χ0) is 15.5. The quantitative estimate of drug-likeness (QED) is 0.645. The Bertz CT molecular complexity index is 756. The number of nitrogens with zero attached hydrogens (tertiary/aromatic N) is 2. The molecular formula is C20H20N2O. The summed E-state index contributed by atoms with van der Waals surface area (Å²) in [5, 5.41) is 4.09. The maximum atomic E-state index is 5.43. The van der Waals surface area contributed by atoms with Gasteiger partial charge in [-0.15, -0.1) is 0 Å². The molecule has 2 aromatic carbocycles. The maximum absolute atomic E-state index is 5.43. The van der Waals surface area contributed by atoms with E-state index in [2.05, 4.69) is 34.4 Å². The van der Waals surface area contributed by atoms with Crippen molar-refractivity contribution < 1.29 is 4.52 Å². The molecule has 0 saturated heterocycles. The highest BCUT2D eigenvalue weighted by atomic mass is 16.5. The highest BCUT2D eigenvalue weighted by molar-refractivity contribution is 5.59. The van der Waals surface area contributed by atoms with Crippen molar-refractivity contribution in [3.63, 3.8) is 0 Å². The van der Waals surface area contributed by atoms with Crippen LogP contribution in [0.15, 0.2) is 59.1 Å². The highest BCUT2D eigenvalue weighted by Crippen LogP contribution is 2.33. The van der Waals surface area contributed by atoms with E-state index in [-0.39, 0.29) is 0 Å². The van der Waals surface area contributed by atoms with Crippen LogP contribution in [0, 0.1) is 0 Å². The fourth-order valence-electron chi connectivity index (χ4n) is 3.38. The largest absolute Gasteiger partial charge is 0.334 e. The predicted molar refractivity (Wildman–Crippen MR) is 91.0 cm³/mol. The molecule has 1 heterocycles. The van der Waals surface area contributed by atoms with Gasteiger partial charge >= 0.3 is 0 Å². The summed E-state index contributed by atoms with van der Waals surface area (Å²) in [6.45, 7) is 0. The SMILES string of the molecule is c1ccc(-c2noc(-c3ccc(C4CCCCC4)cc3)n2)cc1. The lowest BCUT2D eigenvalue weighted by molar-refractivity contribution is 0.432. The van der Waals surface area contributed by atoms with E-state index in [9.17, 15) is 0 Å². The zero-order valence-corrected chi connectivity index (χ0v) is 13.1. The van der Waals surface area contributed by atoms with Crippen molar-refractivity contribution in [2.45, 2.75) is 38.0 Å². The number of hydrogen-bond donors (Lipinski definition) is 0. The Morgan fingerprint density at radius 3 is 2.26 bits per heavy atom. The van der Waals surface area contributed by atoms with Gasteiger partial charge in [-0.3, -0.25) is 0 Å². The molecule has 23 heavy (non-hydrogen) atoms. The first-order valence-corrected chi connectivity index (χ1v) is 8.39. The van der Waals surface area contributed by atoms with E-state index in [0.29, 0.717) is 11.7 Å². The summed E-state index contributed by atoms with van der Waals surface area (Å²) in [5.41, 5.74) is 3.40. The Morgan fingerprint density at radius 1 is 0.783 bits per heavy atom. The van der Waals surface area contributed by atoms with E-state index in [1.807, 2.05) is 30.3 Å². The third-order valence-corrected chi connectivity index (χ3v) is 4.69. The molecule has 1 aliphatic carbocycles. The van der Waals surface area contributed by atoms with Crippen molar-refractivity contribution in [1.29, 1.82) is 0 Å². The van der Waals surface area contributed by atoms with Gasteiger partial charge in [-0.25, -0.2) is 0 Å². The molecule has 116 valence electrons. The first-order chi connectivity index (χ1) is 11.4. The number of benzene rings is 2. The molecule has 0 unspecified atom stereocenters. The molecule has 0 bridgehead atoms. The Labute approximate surface area is 136 Å². The number of hydrogen-bond acceptors (Lipinski definition) is 3. The molecule has 1 fully saturated rings. The van der Waals surface area contributed by atoms with Crippen LogP contribution in [0.4, 0.5) is 0 Å². The molecule has 1 aliphatic rings. The van der Waals surface area contributed by atoms with Gasteiger partial charge in [-0.1, -0.05) is 66.9 Å². The molecule has 0 radical (unpaired) electrons. The van der Waals surface area contributed by atoms with Gasteiger partial charge in [-0.2, -0.15) is 4.98 Å². The average Bonchev–Trinajstić information content (AvgIpc) is 3.14. The Morgan fingerprint density at radius 2 is 1.52 bits per heavy atom. The van der Waals surface area contributed by atoms with Gasteiger partial charge < -0.3 is 4.52 Å². The van der Waals surface area contributed by atoms with E-state index >= 15 is 0 Å². The first-order valence-electron chi connectivity index (χ1n) is 8.39. The minimum atomic E-state index is 0.582.